The zero-order chi connectivity index (χ0) is 12.8. The second kappa shape index (κ2) is 6.69. The van der Waals surface area contributed by atoms with Gasteiger partial charge >= 0.3 is 0 Å². The van der Waals surface area contributed by atoms with Crippen molar-refractivity contribution in [1.29, 1.82) is 0 Å². The molecule has 0 heterocycles. The number of amides is 1. The second-order valence-electron chi connectivity index (χ2n) is 3.44. The molecule has 17 heavy (non-hydrogen) atoms. The summed E-state index contributed by atoms with van der Waals surface area (Å²) >= 11 is 11.5. The Morgan fingerprint density at radius 2 is 2.29 bits per heavy atom. The predicted octanol–water partition coefficient (Wildman–Crippen LogP) is 2.03. The highest BCUT2D eigenvalue weighted by atomic mass is 35.5. The van der Waals surface area contributed by atoms with E-state index < -0.39 is 5.91 Å². The number of benzene rings is 1. The number of ether oxygens (including phenoxy) is 1. The fraction of sp³-hybridized carbons (Fsp3) is 0.364. The summed E-state index contributed by atoms with van der Waals surface area (Å²) in [6, 6.07) is 3.87. The maximum Gasteiger partial charge on any atom is 0.253 e. The number of aromatic hydroxyl groups is 1. The molecular weight excluding hydrogens is 265 g/mol. The SMILES string of the molecule is COCC(CCl)NC(=O)c1cc(O)ccc1Cl. The van der Waals surface area contributed by atoms with Gasteiger partial charge in [0, 0.05) is 13.0 Å². The Kier molecular flexibility index (Phi) is 5.55. The molecule has 0 aliphatic rings. The average Bonchev–Trinajstić information content (AvgIpc) is 2.31. The highest BCUT2D eigenvalue weighted by Gasteiger charge is 2.15. The molecule has 0 saturated heterocycles. The third kappa shape index (κ3) is 4.07. The quantitative estimate of drug-likeness (QED) is 0.810. The van der Waals surface area contributed by atoms with E-state index in [9.17, 15) is 9.90 Å². The molecule has 0 saturated carbocycles. The summed E-state index contributed by atoms with van der Waals surface area (Å²) in [6.45, 7) is 0.311. The van der Waals surface area contributed by atoms with Gasteiger partial charge in [-0.25, -0.2) is 0 Å². The smallest absolute Gasteiger partial charge is 0.253 e. The van der Waals surface area contributed by atoms with Gasteiger partial charge < -0.3 is 15.2 Å². The van der Waals surface area contributed by atoms with Gasteiger partial charge in [0.1, 0.15) is 5.75 Å². The molecule has 0 radical (unpaired) electrons. The largest absolute Gasteiger partial charge is 0.508 e. The summed E-state index contributed by atoms with van der Waals surface area (Å²) < 4.78 is 4.90. The Balaban J connectivity index is 2.78. The number of alkyl halides is 1. The van der Waals surface area contributed by atoms with Crippen molar-refractivity contribution in [3.05, 3.63) is 28.8 Å². The molecule has 0 bridgehead atoms. The van der Waals surface area contributed by atoms with Crippen LogP contribution in [-0.2, 0) is 4.74 Å². The molecule has 1 rings (SSSR count). The van der Waals surface area contributed by atoms with Gasteiger partial charge in [0.25, 0.3) is 5.91 Å². The van der Waals surface area contributed by atoms with Crippen LogP contribution in [0.25, 0.3) is 0 Å². The van der Waals surface area contributed by atoms with Gasteiger partial charge in [0.15, 0.2) is 0 Å². The number of hydrogen-bond acceptors (Lipinski definition) is 3. The molecule has 1 amide bonds. The highest BCUT2D eigenvalue weighted by molar-refractivity contribution is 6.33. The number of nitrogens with one attached hydrogen (secondary N) is 1. The number of carbonyl (C=O) groups is 1. The van der Waals surface area contributed by atoms with Crippen molar-refractivity contribution in [2.45, 2.75) is 6.04 Å². The van der Waals surface area contributed by atoms with Gasteiger partial charge in [-0.2, -0.15) is 0 Å². The Bertz CT molecular complexity index is 398. The van der Waals surface area contributed by atoms with Gasteiger partial charge in [0.05, 0.1) is 23.2 Å². The summed E-state index contributed by atoms with van der Waals surface area (Å²) in [6.07, 6.45) is 0. The number of halogens is 2. The van der Waals surface area contributed by atoms with Crippen LogP contribution in [-0.4, -0.2) is 36.7 Å². The minimum absolute atomic E-state index is 0.0197. The topological polar surface area (TPSA) is 58.6 Å². The molecule has 0 aromatic heterocycles. The molecule has 94 valence electrons. The van der Waals surface area contributed by atoms with Crippen LogP contribution < -0.4 is 5.32 Å². The van der Waals surface area contributed by atoms with Crippen molar-refractivity contribution in [1.82, 2.24) is 5.32 Å². The van der Waals surface area contributed by atoms with Crippen molar-refractivity contribution in [3.8, 4) is 5.75 Å². The lowest BCUT2D eigenvalue weighted by molar-refractivity contribution is 0.0906. The molecular formula is C11H13Cl2NO3. The van der Waals surface area contributed by atoms with Gasteiger partial charge in [-0.05, 0) is 18.2 Å². The Labute approximate surface area is 109 Å². The molecule has 1 atom stereocenters. The second-order valence-corrected chi connectivity index (χ2v) is 4.16. The van der Waals surface area contributed by atoms with Crippen LogP contribution in [0, 0.1) is 0 Å². The van der Waals surface area contributed by atoms with Crippen LogP contribution in [0.5, 0.6) is 5.75 Å². The van der Waals surface area contributed by atoms with Crippen molar-refractivity contribution in [2.75, 3.05) is 19.6 Å². The Morgan fingerprint density at radius 1 is 1.59 bits per heavy atom. The molecule has 1 unspecified atom stereocenters. The van der Waals surface area contributed by atoms with Crippen molar-refractivity contribution >= 4 is 29.1 Å². The lowest BCUT2D eigenvalue weighted by Gasteiger charge is -2.15. The molecule has 1 aromatic rings. The van der Waals surface area contributed by atoms with E-state index >= 15 is 0 Å². The monoisotopic (exact) mass is 277 g/mol. The number of hydrogen-bond donors (Lipinski definition) is 2. The first-order valence-corrected chi connectivity index (χ1v) is 5.84. The number of rotatable bonds is 5. The molecule has 0 spiro atoms. The van der Waals surface area contributed by atoms with Crippen LogP contribution in [0.4, 0.5) is 0 Å². The Hall–Kier alpha value is -0.970. The molecule has 4 nitrogen and oxygen atoms in total. The molecule has 6 heteroatoms. The van der Waals surface area contributed by atoms with Gasteiger partial charge in [-0.15, -0.1) is 11.6 Å². The fourth-order valence-corrected chi connectivity index (χ4v) is 1.65. The van der Waals surface area contributed by atoms with E-state index in [1.807, 2.05) is 0 Å². The summed E-state index contributed by atoms with van der Waals surface area (Å²) in [7, 11) is 1.52. The zero-order valence-electron chi connectivity index (χ0n) is 9.24. The first kappa shape index (κ1) is 14.1. The van der Waals surface area contributed by atoms with E-state index in [0.29, 0.717) is 6.61 Å². The van der Waals surface area contributed by atoms with Crippen molar-refractivity contribution < 1.29 is 14.6 Å². The number of methoxy groups -OCH3 is 1. The van der Waals surface area contributed by atoms with Crippen molar-refractivity contribution in [3.63, 3.8) is 0 Å². The summed E-state index contributed by atoms with van der Waals surface area (Å²) in [5, 5.41) is 12.2. The minimum Gasteiger partial charge on any atom is -0.508 e. The summed E-state index contributed by atoms with van der Waals surface area (Å²) in [4.78, 5) is 11.8. The average molecular weight is 278 g/mol. The number of phenolic OH excluding ortho intramolecular Hbond substituents is 1. The summed E-state index contributed by atoms with van der Waals surface area (Å²) in [5.41, 5.74) is 0.206. The van der Waals surface area contributed by atoms with Crippen LogP contribution in [0.3, 0.4) is 0 Å². The highest BCUT2D eigenvalue weighted by Crippen LogP contribution is 2.21. The van der Waals surface area contributed by atoms with Crippen LogP contribution in [0.2, 0.25) is 5.02 Å². The van der Waals surface area contributed by atoms with E-state index in [4.69, 9.17) is 27.9 Å². The molecule has 1 aromatic carbocycles. The van der Waals surface area contributed by atoms with Gasteiger partial charge in [-0.3, -0.25) is 4.79 Å². The Morgan fingerprint density at radius 3 is 2.88 bits per heavy atom. The van der Waals surface area contributed by atoms with Gasteiger partial charge in [0.2, 0.25) is 0 Å². The van der Waals surface area contributed by atoms with Gasteiger partial charge in [-0.1, -0.05) is 11.6 Å². The van der Waals surface area contributed by atoms with Crippen LogP contribution in [0.1, 0.15) is 10.4 Å². The fourth-order valence-electron chi connectivity index (χ4n) is 1.28. The normalized spacial score (nSPS) is 12.2. The summed E-state index contributed by atoms with van der Waals surface area (Å²) in [5.74, 6) is -0.182. The van der Waals surface area contributed by atoms with E-state index in [2.05, 4.69) is 5.32 Å². The maximum atomic E-state index is 11.8. The standard InChI is InChI=1S/C11H13Cl2NO3/c1-17-6-7(5-12)14-11(16)9-4-8(15)2-3-10(9)13/h2-4,7,15H,5-6H2,1H3,(H,14,16). The zero-order valence-corrected chi connectivity index (χ0v) is 10.8. The van der Waals surface area contributed by atoms with Crippen molar-refractivity contribution in [2.24, 2.45) is 0 Å². The van der Waals surface area contributed by atoms with Crippen LogP contribution >= 0.6 is 23.2 Å². The van der Waals surface area contributed by atoms with E-state index in [-0.39, 0.29) is 28.3 Å². The first-order chi connectivity index (χ1) is 8.08. The third-order valence-electron chi connectivity index (χ3n) is 2.08. The lowest BCUT2D eigenvalue weighted by Crippen LogP contribution is -2.39. The lowest BCUT2D eigenvalue weighted by atomic mass is 10.2. The maximum absolute atomic E-state index is 11.8. The van der Waals surface area contributed by atoms with E-state index in [1.165, 1.54) is 25.3 Å². The number of phenols is 1. The van der Waals surface area contributed by atoms with E-state index in [1.54, 1.807) is 0 Å². The molecule has 0 aliphatic heterocycles. The minimum atomic E-state index is -0.395. The molecule has 0 aliphatic carbocycles. The van der Waals surface area contributed by atoms with E-state index in [0.717, 1.165) is 0 Å². The predicted molar refractivity (Wildman–Crippen MR) is 67.0 cm³/mol. The number of carbonyl (C=O) groups excluding carboxylic acids is 1. The molecule has 0 fully saturated rings. The first-order valence-electron chi connectivity index (χ1n) is 4.92. The third-order valence-corrected chi connectivity index (χ3v) is 2.79. The molecule has 2 N–H and O–H groups in total. The van der Waals surface area contributed by atoms with Crippen LogP contribution in [0.15, 0.2) is 18.2 Å².